The fourth-order valence-corrected chi connectivity index (χ4v) is 2.40. The second kappa shape index (κ2) is 9.32. The van der Waals surface area contributed by atoms with Crippen LogP contribution in [0.3, 0.4) is 0 Å². The number of rotatable bonds is 8. The Balaban J connectivity index is 2.01. The monoisotopic (exact) mass is 351 g/mol. The Bertz CT molecular complexity index is 795. The van der Waals surface area contributed by atoms with Crippen molar-refractivity contribution < 1.29 is 19.5 Å². The molecule has 2 aromatic rings. The SMILES string of the molecule is CCCC(NC(=O)c1ccc(/C=C/C(=O)c2ccccc2)cc1)C(=O)O. The van der Waals surface area contributed by atoms with Gasteiger partial charge >= 0.3 is 5.97 Å². The number of nitrogens with one attached hydrogen (secondary N) is 1. The average molecular weight is 351 g/mol. The van der Waals surface area contributed by atoms with Crippen LogP contribution >= 0.6 is 0 Å². The van der Waals surface area contributed by atoms with E-state index in [0.29, 0.717) is 24.0 Å². The Morgan fingerprint density at radius 1 is 1.00 bits per heavy atom. The van der Waals surface area contributed by atoms with Gasteiger partial charge in [0.15, 0.2) is 5.78 Å². The number of carbonyl (C=O) groups excluding carboxylic acids is 2. The number of carboxylic acids is 1. The lowest BCUT2D eigenvalue weighted by molar-refractivity contribution is -0.139. The van der Waals surface area contributed by atoms with Crippen molar-refractivity contribution in [2.24, 2.45) is 0 Å². The molecule has 0 aliphatic carbocycles. The van der Waals surface area contributed by atoms with Crippen LogP contribution in [0.25, 0.3) is 6.08 Å². The normalized spacial score (nSPS) is 11.9. The molecule has 134 valence electrons. The van der Waals surface area contributed by atoms with Gasteiger partial charge in [-0.25, -0.2) is 4.79 Å². The molecule has 0 bridgehead atoms. The van der Waals surface area contributed by atoms with Crippen LogP contribution in [0.5, 0.6) is 0 Å². The lowest BCUT2D eigenvalue weighted by Crippen LogP contribution is -2.40. The van der Waals surface area contributed by atoms with Crippen LogP contribution in [0.15, 0.2) is 60.7 Å². The lowest BCUT2D eigenvalue weighted by Gasteiger charge is -2.13. The van der Waals surface area contributed by atoms with Crippen LogP contribution in [0.1, 0.15) is 46.0 Å². The predicted molar refractivity (Wildman–Crippen MR) is 100 cm³/mol. The van der Waals surface area contributed by atoms with Gasteiger partial charge < -0.3 is 10.4 Å². The quantitative estimate of drug-likeness (QED) is 0.562. The van der Waals surface area contributed by atoms with Crippen molar-refractivity contribution in [3.8, 4) is 0 Å². The van der Waals surface area contributed by atoms with Gasteiger partial charge in [0.2, 0.25) is 0 Å². The van der Waals surface area contributed by atoms with Crippen molar-refractivity contribution in [3.63, 3.8) is 0 Å². The molecule has 5 heteroatoms. The molecule has 2 N–H and O–H groups in total. The molecule has 0 heterocycles. The highest BCUT2D eigenvalue weighted by atomic mass is 16.4. The number of benzene rings is 2. The molecule has 0 aliphatic heterocycles. The zero-order valence-electron chi connectivity index (χ0n) is 14.5. The van der Waals surface area contributed by atoms with Gasteiger partial charge in [0.05, 0.1) is 0 Å². The summed E-state index contributed by atoms with van der Waals surface area (Å²) in [6.07, 6.45) is 4.19. The molecule has 1 unspecified atom stereocenters. The molecule has 2 rings (SSSR count). The summed E-state index contributed by atoms with van der Waals surface area (Å²) in [7, 11) is 0. The minimum Gasteiger partial charge on any atom is -0.480 e. The second-order valence-electron chi connectivity index (χ2n) is 5.84. The van der Waals surface area contributed by atoms with Gasteiger partial charge in [-0.3, -0.25) is 9.59 Å². The van der Waals surface area contributed by atoms with E-state index in [4.69, 9.17) is 5.11 Å². The van der Waals surface area contributed by atoms with E-state index < -0.39 is 17.9 Å². The molecular formula is C21H21NO4. The van der Waals surface area contributed by atoms with E-state index in [0.717, 1.165) is 5.56 Å². The molecule has 26 heavy (non-hydrogen) atoms. The van der Waals surface area contributed by atoms with Gasteiger partial charge in [-0.15, -0.1) is 0 Å². The van der Waals surface area contributed by atoms with Crippen LogP contribution in [0.2, 0.25) is 0 Å². The summed E-state index contributed by atoms with van der Waals surface area (Å²) < 4.78 is 0. The summed E-state index contributed by atoms with van der Waals surface area (Å²) in [6.45, 7) is 1.86. The first kappa shape index (κ1) is 19.1. The second-order valence-corrected chi connectivity index (χ2v) is 5.84. The third-order valence-corrected chi connectivity index (χ3v) is 3.84. The lowest BCUT2D eigenvalue weighted by atomic mass is 10.1. The molecule has 2 aromatic carbocycles. The molecule has 0 saturated carbocycles. The minimum absolute atomic E-state index is 0.101. The largest absolute Gasteiger partial charge is 0.480 e. The van der Waals surface area contributed by atoms with Gasteiger partial charge in [-0.05, 0) is 30.2 Å². The average Bonchev–Trinajstić information content (AvgIpc) is 2.66. The van der Waals surface area contributed by atoms with E-state index in [-0.39, 0.29) is 5.78 Å². The van der Waals surface area contributed by atoms with Crippen LogP contribution in [0, 0.1) is 0 Å². The number of hydrogen-bond donors (Lipinski definition) is 2. The smallest absolute Gasteiger partial charge is 0.326 e. The van der Waals surface area contributed by atoms with Crippen molar-refractivity contribution in [1.82, 2.24) is 5.32 Å². The number of carbonyl (C=O) groups is 3. The Morgan fingerprint density at radius 2 is 1.65 bits per heavy atom. The van der Waals surface area contributed by atoms with Gasteiger partial charge in [0.1, 0.15) is 6.04 Å². The van der Waals surface area contributed by atoms with Crippen molar-refractivity contribution in [1.29, 1.82) is 0 Å². The van der Waals surface area contributed by atoms with Crippen LogP contribution < -0.4 is 5.32 Å². The molecule has 1 amide bonds. The summed E-state index contributed by atoms with van der Waals surface area (Å²) in [5.41, 5.74) is 1.75. The molecule has 5 nitrogen and oxygen atoms in total. The first-order valence-electron chi connectivity index (χ1n) is 8.42. The van der Waals surface area contributed by atoms with E-state index in [1.54, 1.807) is 54.6 Å². The molecule has 1 atom stereocenters. The van der Waals surface area contributed by atoms with E-state index in [1.165, 1.54) is 6.08 Å². The first-order chi connectivity index (χ1) is 12.5. The molecule has 0 radical (unpaired) electrons. The van der Waals surface area contributed by atoms with Crippen LogP contribution in [-0.2, 0) is 4.79 Å². The topological polar surface area (TPSA) is 83.5 Å². The molecule has 0 aromatic heterocycles. The van der Waals surface area contributed by atoms with Gasteiger partial charge in [0, 0.05) is 11.1 Å². The number of allylic oxidation sites excluding steroid dienone is 1. The Hall–Kier alpha value is -3.21. The molecule has 0 spiro atoms. The maximum absolute atomic E-state index is 12.2. The molecule has 0 saturated heterocycles. The zero-order valence-corrected chi connectivity index (χ0v) is 14.5. The molecule has 0 aliphatic rings. The van der Waals surface area contributed by atoms with Gasteiger partial charge in [-0.2, -0.15) is 0 Å². The zero-order chi connectivity index (χ0) is 18.9. The minimum atomic E-state index is -1.04. The third-order valence-electron chi connectivity index (χ3n) is 3.84. The summed E-state index contributed by atoms with van der Waals surface area (Å²) in [5.74, 6) is -1.57. The number of aliphatic carboxylic acids is 1. The fourth-order valence-electron chi connectivity index (χ4n) is 2.40. The summed E-state index contributed by atoms with van der Waals surface area (Å²) in [5, 5.41) is 11.6. The highest BCUT2D eigenvalue weighted by Gasteiger charge is 2.19. The number of amides is 1. The molecular weight excluding hydrogens is 330 g/mol. The fraction of sp³-hybridized carbons (Fsp3) is 0.190. The Kier molecular flexibility index (Phi) is 6.85. The van der Waals surface area contributed by atoms with Gasteiger partial charge in [-0.1, -0.05) is 61.9 Å². The summed E-state index contributed by atoms with van der Waals surface area (Å²) >= 11 is 0. The van der Waals surface area contributed by atoms with Crippen molar-refractivity contribution >= 4 is 23.7 Å². The molecule has 0 fully saturated rings. The number of carboxylic acid groups (broad SMARTS) is 1. The van der Waals surface area contributed by atoms with Crippen molar-refractivity contribution in [2.75, 3.05) is 0 Å². The van der Waals surface area contributed by atoms with Crippen molar-refractivity contribution in [3.05, 3.63) is 77.4 Å². The van der Waals surface area contributed by atoms with Crippen LogP contribution in [0.4, 0.5) is 0 Å². The Morgan fingerprint density at radius 3 is 2.23 bits per heavy atom. The van der Waals surface area contributed by atoms with Crippen molar-refractivity contribution in [2.45, 2.75) is 25.8 Å². The third kappa shape index (κ3) is 5.41. The summed E-state index contributed by atoms with van der Waals surface area (Å²) in [6, 6.07) is 14.7. The van der Waals surface area contributed by atoms with E-state index in [2.05, 4.69) is 5.32 Å². The van der Waals surface area contributed by atoms with E-state index >= 15 is 0 Å². The summed E-state index contributed by atoms with van der Waals surface area (Å²) in [4.78, 5) is 35.3. The van der Waals surface area contributed by atoms with E-state index in [9.17, 15) is 14.4 Å². The first-order valence-corrected chi connectivity index (χ1v) is 8.42. The standard InChI is InChI=1S/C21H21NO4/c1-2-6-18(21(25)26)22-20(24)17-12-9-15(10-13-17)11-14-19(23)16-7-4-3-5-8-16/h3-5,7-14,18H,2,6H2,1H3,(H,22,24)(H,25,26)/b14-11+. The highest BCUT2D eigenvalue weighted by molar-refractivity contribution is 6.06. The number of ketones is 1. The van der Waals surface area contributed by atoms with Crippen LogP contribution in [-0.4, -0.2) is 28.8 Å². The predicted octanol–water partition coefficient (Wildman–Crippen LogP) is 3.57. The number of hydrogen-bond acceptors (Lipinski definition) is 3. The maximum atomic E-state index is 12.2. The Labute approximate surface area is 152 Å². The highest BCUT2D eigenvalue weighted by Crippen LogP contribution is 2.09. The maximum Gasteiger partial charge on any atom is 0.326 e. The van der Waals surface area contributed by atoms with Gasteiger partial charge in [0.25, 0.3) is 5.91 Å². The van der Waals surface area contributed by atoms with E-state index in [1.807, 2.05) is 13.0 Å².